The molecule has 3 fully saturated rings. The molecule has 2 aliphatic carbocycles. The highest BCUT2D eigenvalue weighted by Gasteiger charge is 2.55. The van der Waals surface area contributed by atoms with Crippen molar-refractivity contribution >= 4 is 21.8 Å². The van der Waals surface area contributed by atoms with Gasteiger partial charge in [0.2, 0.25) is 5.91 Å². The minimum atomic E-state index is 0.364. The summed E-state index contributed by atoms with van der Waals surface area (Å²) in [6, 6.07) is 0. The van der Waals surface area contributed by atoms with Crippen molar-refractivity contribution in [2.75, 3.05) is 25.0 Å². The van der Waals surface area contributed by atoms with E-state index >= 15 is 0 Å². The third-order valence-corrected chi connectivity index (χ3v) is 5.45. The van der Waals surface area contributed by atoms with Crippen LogP contribution < -0.4 is 0 Å². The van der Waals surface area contributed by atoms with Crippen molar-refractivity contribution in [3.8, 4) is 0 Å². The normalized spacial score (nSPS) is 35.0. The number of halogens is 1. The van der Waals surface area contributed by atoms with Gasteiger partial charge >= 0.3 is 0 Å². The van der Waals surface area contributed by atoms with Crippen LogP contribution in [0.15, 0.2) is 0 Å². The number of hydrogen-bond acceptors (Lipinski definition) is 2. The number of nitrogens with zero attached hydrogens (tertiary/aromatic N) is 1. The molecule has 19 heavy (non-hydrogen) atoms. The number of carbonyl (C=O) groups is 1. The molecule has 1 aliphatic heterocycles. The van der Waals surface area contributed by atoms with Crippen molar-refractivity contribution in [1.29, 1.82) is 0 Å². The smallest absolute Gasteiger partial charge is 0.226 e. The number of amides is 1. The Hall–Kier alpha value is -0.0900. The molecule has 108 valence electrons. The lowest BCUT2D eigenvalue weighted by Crippen LogP contribution is -2.42. The highest BCUT2D eigenvalue weighted by Crippen LogP contribution is 2.56. The highest BCUT2D eigenvalue weighted by molar-refractivity contribution is 9.09. The Labute approximate surface area is 124 Å². The van der Waals surface area contributed by atoms with Gasteiger partial charge < -0.3 is 9.64 Å². The van der Waals surface area contributed by atoms with Crippen molar-refractivity contribution in [2.24, 2.45) is 17.8 Å². The molecule has 3 nitrogen and oxygen atoms in total. The van der Waals surface area contributed by atoms with E-state index in [4.69, 9.17) is 4.74 Å². The Morgan fingerprint density at radius 3 is 2.32 bits per heavy atom. The van der Waals surface area contributed by atoms with Gasteiger partial charge in [-0.25, -0.2) is 0 Å². The fourth-order valence-electron chi connectivity index (χ4n) is 4.02. The maximum atomic E-state index is 12.5. The number of hydrogen-bond donors (Lipinski definition) is 0. The van der Waals surface area contributed by atoms with Crippen LogP contribution in [-0.2, 0) is 9.53 Å². The topological polar surface area (TPSA) is 29.5 Å². The number of alkyl halides is 1. The number of carbonyl (C=O) groups excluding carboxylic acids is 1. The SMILES string of the molecule is O=C(C1C2CCCCC21)N1CCC(OCCBr)CC1. The zero-order valence-electron chi connectivity index (χ0n) is 11.5. The largest absolute Gasteiger partial charge is 0.377 e. The second-order valence-corrected chi connectivity index (χ2v) is 7.02. The Bertz CT molecular complexity index is 316. The summed E-state index contributed by atoms with van der Waals surface area (Å²) < 4.78 is 5.75. The van der Waals surface area contributed by atoms with Gasteiger partial charge in [0.15, 0.2) is 0 Å². The summed E-state index contributed by atoms with van der Waals surface area (Å²) >= 11 is 3.38. The summed E-state index contributed by atoms with van der Waals surface area (Å²) in [6.07, 6.45) is 7.67. The van der Waals surface area contributed by atoms with Crippen LogP contribution in [0, 0.1) is 17.8 Å². The number of rotatable bonds is 4. The molecule has 2 saturated carbocycles. The first-order chi connectivity index (χ1) is 9.31. The van der Waals surface area contributed by atoms with Crippen LogP contribution in [-0.4, -0.2) is 41.9 Å². The lowest BCUT2D eigenvalue weighted by molar-refractivity contribution is -0.135. The fourth-order valence-corrected chi connectivity index (χ4v) is 4.21. The van der Waals surface area contributed by atoms with Crippen LogP contribution in [0.3, 0.4) is 0 Å². The molecule has 3 aliphatic rings. The van der Waals surface area contributed by atoms with E-state index in [2.05, 4.69) is 20.8 Å². The first-order valence-corrected chi connectivity index (χ1v) is 8.89. The fraction of sp³-hybridized carbons (Fsp3) is 0.933. The van der Waals surface area contributed by atoms with Gasteiger partial charge in [0.1, 0.15) is 0 Å². The maximum Gasteiger partial charge on any atom is 0.226 e. The number of piperidine rings is 1. The molecule has 0 radical (unpaired) electrons. The van der Waals surface area contributed by atoms with Gasteiger partial charge in [0, 0.05) is 24.3 Å². The molecule has 0 spiro atoms. The maximum absolute atomic E-state index is 12.5. The monoisotopic (exact) mass is 329 g/mol. The molecule has 3 rings (SSSR count). The van der Waals surface area contributed by atoms with Gasteiger partial charge in [-0.05, 0) is 37.5 Å². The first kappa shape index (κ1) is 13.9. The minimum absolute atomic E-state index is 0.364. The van der Waals surface area contributed by atoms with Crippen molar-refractivity contribution in [1.82, 2.24) is 4.90 Å². The summed E-state index contributed by atoms with van der Waals surface area (Å²) in [4.78, 5) is 14.6. The zero-order valence-corrected chi connectivity index (χ0v) is 13.1. The van der Waals surface area contributed by atoms with Gasteiger partial charge in [-0.2, -0.15) is 0 Å². The Kier molecular flexibility index (Phi) is 4.47. The Morgan fingerprint density at radius 2 is 1.74 bits per heavy atom. The van der Waals surface area contributed by atoms with E-state index in [9.17, 15) is 4.79 Å². The predicted molar refractivity (Wildman–Crippen MR) is 78.3 cm³/mol. The molecule has 0 N–H and O–H groups in total. The third-order valence-electron chi connectivity index (χ3n) is 5.13. The zero-order chi connectivity index (χ0) is 13.2. The van der Waals surface area contributed by atoms with Crippen molar-refractivity contribution < 1.29 is 9.53 Å². The lowest BCUT2D eigenvalue weighted by atomic mass is 10.0. The van der Waals surface area contributed by atoms with Crippen molar-refractivity contribution in [2.45, 2.75) is 44.6 Å². The molecule has 1 saturated heterocycles. The van der Waals surface area contributed by atoms with E-state index < -0.39 is 0 Å². The molecular formula is C15H24BrNO2. The first-order valence-electron chi connectivity index (χ1n) is 7.77. The second kappa shape index (κ2) is 6.13. The standard InChI is InChI=1S/C15H24BrNO2/c16-7-10-19-11-5-8-17(9-6-11)15(18)14-12-3-1-2-4-13(12)14/h11-14H,1-10H2. The number of ether oxygens (including phenoxy) is 1. The average molecular weight is 330 g/mol. The van der Waals surface area contributed by atoms with Gasteiger partial charge in [0.25, 0.3) is 0 Å². The summed E-state index contributed by atoms with van der Waals surface area (Å²) in [5, 5.41) is 0.900. The van der Waals surface area contributed by atoms with E-state index in [1.165, 1.54) is 25.7 Å². The van der Waals surface area contributed by atoms with Crippen LogP contribution in [0.4, 0.5) is 0 Å². The van der Waals surface area contributed by atoms with Gasteiger partial charge in [0.05, 0.1) is 12.7 Å². The molecule has 0 aromatic rings. The molecule has 0 aromatic heterocycles. The summed E-state index contributed by atoms with van der Waals surface area (Å²) in [5.74, 6) is 2.32. The molecule has 0 aromatic carbocycles. The van der Waals surface area contributed by atoms with E-state index in [1.807, 2.05) is 0 Å². The molecule has 4 heteroatoms. The second-order valence-electron chi connectivity index (χ2n) is 6.22. The summed E-state index contributed by atoms with van der Waals surface area (Å²) in [5.41, 5.74) is 0. The summed E-state index contributed by atoms with van der Waals surface area (Å²) in [7, 11) is 0. The molecule has 0 bridgehead atoms. The number of likely N-dealkylation sites (tertiary alicyclic amines) is 1. The molecule has 2 unspecified atom stereocenters. The van der Waals surface area contributed by atoms with Crippen molar-refractivity contribution in [3.05, 3.63) is 0 Å². The molecular weight excluding hydrogens is 306 g/mol. The average Bonchev–Trinajstić information content (AvgIpc) is 3.19. The molecule has 1 amide bonds. The van der Waals surface area contributed by atoms with Crippen molar-refractivity contribution in [3.63, 3.8) is 0 Å². The van der Waals surface area contributed by atoms with Crippen LogP contribution in [0.5, 0.6) is 0 Å². The molecule has 2 atom stereocenters. The van der Waals surface area contributed by atoms with Crippen LogP contribution in [0.25, 0.3) is 0 Å². The third kappa shape index (κ3) is 2.99. The van der Waals surface area contributed by atoms with Gasteiger partial charge in [-0.3, -0.25) is 4.79 Å². The highest BCUT2D eigenvalue weighted by atomic mass is 79.9. The Morgan fingerprint density at radius 1 is 1.11 bits per heavy atom. The van der Waals surface area contributed by atoms with E-state index in [0.29, 0.717) is 17.9 Å². The van der Waals surface area contributed by atoms with E-state index in [0.717, 1.165) is 49.7 Å². The minimum Gasteiger partial charge on any atom is -0.377 e. The number of fused-ring (bicyclic) bond motifs is 1. The van der Waals surface area contributed by atoms with E-state index in [-0.39, 0.29) is 0 Å². The van der Waals surface area contributed by atoms with Crippen LogP contribution >= 0.6 is 15.9 Å². The Balaban J connectivity index is 1.45. The lowest BCUT2D eigenvalue weighted by Gasteiger charge is -2.32. The predicted octanol–water partition coefficient (Wildman–Crippen LogP) is 2.83. The van der Waals surface area contributed by atoms with Gasteiger partial charge in [-0.1, -0.05) is 28.8 Å². The molecule has 1 heterocycles. The van der Waals surface area contributed by atoms with Crippen LogP contribution in [0.1, 0.15) is 38.5 Å². The van der Waals surface area contributed by atoms with E-state index in [1.54, 1.807) is 0 Å². The van der Waals surface area contributed by atoms with Crippen LogP contribution in [0.2, 0.25) is 0 Å². The quantitative estimate of drug-likeness (QED) is 0.742. The summed E-state index contributed by atoms with van der Waals surface area (Å²) in [6.45, 7) is 2.59. The van der Waals surface area contributed by atoms with Gasteiger partial charge in [-0.15, -0.1) is 0 Å².